The molecule has 1 saturated heterocycles. The van der Waals surface area contributed by atoms with E-state index in [4.69, 9.17) is 5.21 Å². The molecule has 0 saturated carbocycles. The lowest BCUT2D eigenvalue weighted by molar-refractivity contribution is -0.991. The van der Waals surface area contributed by atoms with Crippen LogP contribution in [-0.2, 0) is 13.1 Å². The molecule has 0 aliphatic carbocycles. The molecule has 0 amide bonds. The molecule has 126 valence electrons. The van der Waals surface area contributed by atoms with E-state index in [0.29, 0.717) is 17.5 Å². The lowest BCUT2D eigenvalue weighted by atomic mass is 9.83. The molecule has 2 aliphatic rings. The normalized spacial score (nSPS) is 24.4. The molecule has 4 rings (SSSR count). The summed E-state index contributed by atoms with van der Waals surface area (Å²) in [5.74, 6) is 0.916. The molecule has 6 heteroatoms. The maximum Gasteiger partial charge on any atom is 0.250 e. The quantitative estimate of drug-likeness (QED) is 0.821. The highest BCUT2D eigenvalue weighted by molar-refractivity contribution is 5.32. The van der Waals surface area contributed by atoms with E-state index in [1.54, 1.807) is 18.2 Å². The second kappa shape index (κ2) is 6.14. The Bertz CT molecular complexity index is 785. The zero-order chi connectivity index (χ0) is 16.7. The number of benzene rings is 1. The number of fused-ring (bicyclic) bond motifs is 4. The summed E-state index contributed by atoms with van der Waals surface area (Å²) in [4.78, 5) is 14.5. The van der Waals surface area contributed by atoms with Gasteiger partial charge in [-0.1, -0.05) is 18.2 Å². The van der Waals surface area contributed by atoms with Crippen molar-refractivity contribution in [1.82, 2.24) is 9.47 Å². The first-order valence-electron chi connectivity index (χ1n) is 8.34. The fourth-order valence-electron chi connectivity index (χ4n) is 4.14. The summed E-state index contributed by atoms with van der Waals surface area (Å²) in [7, 11) is 0. The summed E-state index contributed by atoms with van der Waals surface area (Å²) in [5.41, 5.74) is 2.72. The van der Waals surface area contributed by atoms with Gasteiger partial charge in [0.2, 0.25) is 0 Å². The maximum atomic E-state index is 12.1. The highest BCUT2D eigenvalue weighted by atomic mass is 16.8. The summed E-state index contributed by atoms with van der Waals surface area (Å²) < 4.78 is 1.94. The van der Waals surface area contributed by atoms with E-state index in [1.165, 1.54) is 0 Å². The van der Waals surface area contributed by atoms with Gasteiger partial charge in [0.15, 0.2) is 5.69 Å². The maximum absolute atomic E-state index is 12.1. The van der Waals surface area contributed by atoms with Gasteiger partial charge in [-0.15, -0.1) is 0 Å². The Hall–Kier alpha value is -1.99. The predicted octanol–water partition coefficient (Wildman–Crippen LogP) is 0.871. The van der Waals surface area contributed by atoms with Gasteiger partial charge in [-0.05, 0) is 24.0 Å². The third-order valence-corrected chi connectivity index (χ3v) is 5.16. The van der Waals surface area contributed by atoms with Crippen molar-refractivity contribution < 1.29 is 10.4 Å². The number of rotatable bonds is 3. The number of nitrogens with zero attached hydrogens (tertiary/aromatic N) is 2. The molecular formula is C18H21N3O3. The highest BCUT2D eigenvalue weighted by Crippen LogP contribution is 2.35. The van der Waals surface area contributed by atoms with Gasteiger partial charge in [0.1, 0.15) is 0 Å². The molecule has 24 heavy (non-hydrogen) atoms. The number of aromatic nitrogens is 1. The molecule has 3 heterocycles. The Kier molecular flexibility index (Phi) is 3.97. The lowest BCUT2D eigenvalue weighted by Crippen LogP contribution is -2.99. The molecular weight excluding hydrogens is 306 g/mol. The number of likely N-dealkylation sites (tertiary alicyclic amines) is 1. The number of hydrogen-bond donors (Lipinski definition) is 2. The van der Waals surface area contributed by atoms with Crippen LogP contribution in [0.3, 0.4) is 0 Å². The molecule has 2 aromatic rings. The van der Waals surface area contributed by atoms with E-state index in [1.807, 2.05) is 22.8 Å². The average Bonchev–Trinajstić information content (AvgIpc) is 2.56. The van der Waals surface area contributed by atoms with Crippen LogP contribution in [0.1, 0.15) is 23.6 Å². The summed E-state index contributed by atoms with van der Waals surface area (Å²) in [6.07, 6.45) is 1.15. The Morgan fingerprint density at radius 3 is 2.67 bits per heavy atom. The van der Waals surface area contributed by atoms with Crippen LogP contribution < -0.4 is 10.8 Å². The smallest absolute Gasteiger partial charge is 0.250 e. The van der Waals surface area contributed by atoms with E-state index >= 15 is 0 Å². The third kappa shape index (κ3) is 2.89. The molecule has 1 aromatic heterocycles. The van der Waals surface area contributed by atoms with Gasteiger partial charge in [0.25, 0.3) is 5.56 Å². The summed E-state index contributed by atoms with van der Waals surface area (Å²) in [6, 6.07) is 12.7. The first kappa shape index (κ1) is 15.5. The zero-order valence-electron chi connectivity index (χ0n) is 13.4. The van der Waals surface area contributed by atoms with Crippen LogP contribution in [0.4, 0.5) is 5.69 Å². The van der Waals surface area contributed by atoms with Gasteiger partial charge < -0.3 is 9.77 Å². The standard InChI is InChI=1S/C18H21N3O3/c22-18-3-1-2-17-15-8-14(11-20(17)18)10-19(12-15)9-13-4-6-16(7-5-13)21(23)24/h1-7,14-15,21,23H,8-12H2. The molecule has 2 bridgehead atoms. The fraction of sp³-hybridized carbons (Fsp3) is 0.389. The molecule has 6 nitrogen and oxygen atoms in total. The molecule has 3 unspecified atom stereocenters. The fourth-order valence-corrected chi connectivity index (χ4v) is 4.14. The molecule has 1 aromatic carbocycles. The Labute approximate surface area is 140 Å². The second-order valence-corrected chi connectivity index (χ2v) is 6.89. The topological polar surface area (TPSA) is 73.0 Å². The van der Waals surface area contributed by atoms with Crippen LogP contribution in [-0.4, -0.2) is 27.8 Å². The Morgan fingerprint density at radius 2 is 1.92 bits per heavy atom. The van der Waals surface area contributed by atoms with Crippen LogP contribution in [0, 0.1) is 11.1 Å². The predicted molar refractivity (Wildman–Crippen MR) is 89.0 cm³/mol. The molecule has 2 aliphatic heterocycles. The summed E-state index contributed by atoms with van der Waals surface area (Å²) in [6.45, 7) is 3.56. The van der Waals surface area contributed by atoms with Gasteiger partial charge in [0, 0.05) is 56.0 Å². The van der Waals surface area contributed by atoms with Crippen LogP contribution in [0.25, 0.3) is 0 Å². The number of piperidine rings is 1. The van der Waals surface area contributed by atoms with E-state index < -0.39 is 5.23 Å². The molecule has 2 N–H and O–H groups in total. The average molecular weight is 327 g/mol. The van der Waals surface area contributed by atoms with Crippen molar-refractivity contribution in [1.29, 1.82) is 0 Å². The second-order valence-electron chi connectivity index (χ2n) is 6.89. The van der Waals surface area contributed by atoms with Gasteiger partial charge in [-0.3, -0.25) is 9.69 Å². The van der Waals surface area contributed by atoms with Crippen molar-refractivity contribution in [3.8, 4) is 0 Å². The SMILES string of the molecule is O=c1cccc2n1CC1CC2CN(Cc2ccc([NH+]([O-])O)cc2)C1. The van der Waals surface area contributed by atoms with Crippen molar-refractivity contribution in [3.05, 3.63) is 69.3 Å². The van der Waals surface area contributed by atoms with Crippen LogP contribution in [0.5, 0.6) is 0 Å². The highest BCUT2D eigenvalue weighted by Gasteiger charge is 2.34. The van der Waals surface area contributed by atoms with Gasteiger partial charge in [0.05, 0.1) is 0 Å². The lowest BCUT2D eigenvalue weighted by Gasteiger charge is -2.42. The van der Waals surface area contributed by atoms with Gasteiger partial charge in [-0.2, -0.15) is 5.23 Å². The monoisotopic (exact) mass is 327 g/mol. The van der Waals surface area contributed by atoms with Crippen LogP contribution >= 0.6 is 0 Å². The molecule has 0 spiro atoms. The van der Waals surface area contributed by atoms with E-state index in [2.05, 4.69) is 11.0 Å². The number of quaternary nitrogens is 1. The summed E-state index contributed by atoms with van der Waals surface area (Å²) >= 11 is 0. The largest absolute Gasteiger partial charge is 0.595 e. The summed E-state index contributed by atoms with van der Waals surface area (Å²) in [5, 5.41) is 19.0. The van der Waals surface area contributed by atoms with Crippen molar-refractivity contribution >= 4 is 5.69 Å². The minimum Gasteiger partial charge on any atom is -0.595 e. The van der Waals surface area contributed by atoms with Crippen molar-refractivity contribution in [2.24, 2.45) is 5.92 Å². The van der Waals surface area contributed by atoms with Crippen LogP contribution in [0.15, 0.2) is 47.3 Å². The third-order valence-electron chi connectivity index (χ3n) is 5.16. The zero-order valence-corrected chi connectivity index (χ0v) is 13.4. The van der Waals surface area contributed by atoms with E-state index in [-0.39, 0.29) is 5.56 Å². The van der Waals surface area contributed by atoms with Crippen molar-refractivity contribution in [3.63, 3.8) is 0 Å². The number of nitrogens with one attached hydrogen (secondary N) is 1. The minimum atomic E-state index is -0.892. The first-order valence-corrected chi connectivity index (χ1v) is 8.34. The van der Waals surface area contributed by atoms with E-state index in [0.717, 1.165) is 43.9 Å². The minimum absolute atomic E-state index is 0.111. The number of pyridine rings is 1. The Balaban J connectivity index is 1.51. The van der Waals surface area contributed by atoms with Crippen LogP contribution in [0.2, 0.25) is 0 Å². The first-order chi connectivity index (χ1) is 11.6. The molecule has 3 atom stereocenters. The van der Waals surface area contributed by atoms with E-state index in [9.17, 15) is 10.0 Å². The van der Waals surface area contributed by atoms with Gasteiger partial charge >= 0.3 is 0 Å². The van der Waals surface area contributed by atoms with Crippen molar-refractivity contribution in [2.75, 3.05) is 13.1 Å². The number of hydrogen-bond acceptors (Lipinski definition) is 4. The van der Waals surface area contributed by atoms with Crippen molar-refractivity contribution in [2.45, 2.75) is 25.4 Å². The van der Waals surface area contributed by atoms with Gasteiger partial charge in [-0.25, -0.2) is 5.21 Å². The molecule has 0 radical (unpaired) electrons. The Morgan fingerprint density at radius 1 is 1.12 bits per heavy atom. The molecule has 1 fully saturated rings.